The molecule has 0 atom stereocenters. The van der Waals surface area contributed by atoms with E-state index in [4.69, 9.17) is 6.57 Å². The summed E-state index contributed by atoms with van der Waals surface area (Å²) < 4.78 is 0. The number of hydrogen-bond donors (Lipinski definition) is 0. The highest BCUT2D eigenvalue weighted by Crippen LogP contribution is 2.17. The van der Waals surface area contributed by atoms with Crippen LogP contribution in [0.2, 0.25) is 0 Å². The summed E-state index contributed by atoms with van der Waals surface area (Å²) in [5.74, 6) is -1.45. The van der Waals surface area contributed by atoms with E-state index in [2.05, 4.69) is 4.85 Å². The Morgan fingerprint density at radius 2 is 1.88 bits per heavy atom. The van der Waals surface area contributed by atoms with Gasteiger partial charge in [0, 0.05) is 0 Å². The summed E-state index contributed by atoms with van der Waals surface area (Å²) in [6.45, 7) is 6.74. The zero-order valence-corrected chi connectivity index (χ0v) is 8.88. The summed E-state index contributed by atoms with van der Waals surface area (Å²) >= 11 is 0. The molecular formula is C14H8NO2-. The van der Waals surface area contributed by atoms with Gasteiger partial charge >= 0.3 is 0 Å². The molecule has 2 aromatic carbocycles. The fourth-order valence-electron chi connectivity index (χ4n) is 1.59. The zero-order valence-electron chi connectivity index (χ0n) is 8.88. The average Bonchev–Trinajstić information content (AvgIpc) is 2.35. The quantitative estimate of drug-likeness (QED) is 0.575. The topological polar surface area (TPSA) is 44.5 Å². The molecule has 0 spiro atoms. The van der Waals surface area contributed by atoms with Gasteiger partial charge in [-0.05, 0) is 28.5 Å². The first-order valence-corrected chi connectivity index (χ1v) is 5.00. The van der Waals surface area contributed by atoms with Crippen molar-refractivity contribution in [2.45, 2.75) is 0 Å². The molecule has 2 aromatic rings. The Morgan fingerprint density at radius 3 is 2.53 bits per heavy atom. The van der Waals surface area contributed by atoms with Gasteiger partial charge in [-0.15, -0.1) is 0 Å². The van der Waals surface area contributed by atoms with Crippen molar-refractivity contribution in [1.29, 1.82) is 0 Å². The number of rotatable bonds is 2. The molecule has 0 unspecified atom stereocenters. The van der Waals surface area contributed by atoms with Crippen molar-refractivity contribution in [2.24, 2.45) is 0 Å². The van der Waals surface area contributed by atoms with E-state index in [1.54, 1.807) is 6.07 Å². The fourth-order valence-corrected chi connectivity index (χ4v) is 1.59. The lowest BCUT2D eigenvalue weighted by molar-refractivity contribution is -0.298. The SMILES string of the molecule is [C-]#[N+]/C(=C\c1ccc2ccccc2c1)C(=O)[O-]. The average molecular weight is 222 g/mol. The van der Waals surface area contributed by atoms with Crippen molar-refractivity contribution in [3.05, 3.63) is 65.1 Å². The van der Waals surface area contributed by atoms with Crippen molar-refractivity contribution in [1.82, 2.24) is 0 Å². The summed E-state index contributed by atoms with van der Waals surface area (Å²) in [6.07, 6.45) is 1.31. The third-order valence-electron chi connectivity index (χ3n) is 2.41. The number of carboxylic acids is 1. The van der Waals surface area contributed by atoms with Crippen molar-refractivity contribution >= 4 is 22.8 Å². The molecule has 17 heavy (non-hydrogen) atoms. The second kappa shape index (κ2) is 4.50. The van der Waals surface area contributed by atoms with Crippen LogP contribution in [0.4, 0.5) is 0 Å². The predicted molar refractivity (Wildman–Crippen MR) is 63.5 cm³/mol. The summed E-state index contributed by atoms with van der Waals surface area (Å²) in [5, 5.41) is 12.7. The molecular weight excluding hydrogens is 214 g/mol. The van der Waals surface area contributed by atoms with Gasteiger partial charge in [0.1, 0.15) is 0 Å². The van der Waals surface area contributed by atoms with Gasteiger partial charge in [-0.25, -0.2) is 4.85 Å². The van der Waals surface area contributed by atoms with E-state index in [9.17, 15) is 9.90 Å². The first-order valence-electron chi connectivity index (χ1n) is 5.00. The number of carbonyl (C=O) groups is 1. The van der Waals surface area contributed by atoms with Crippen LogP contribution in [-0.2, 0) is 4.79 Å². The molecule has 0 N–H and O–H groups in total. The van der Waals surface area contributed by atoms with Gasteiger partial charge in [-0.3, -0.25) is 0 Å². The van der Waals surface area contributed by atoms with Crippen molar-refractivity contribution in [2.75, 3.05) is 0 Å². The highest BCUT2D eigenvalue weighted by Gasteiger charge is 1.98. The van der Waals surface area contributed by atoms with E-state index in [1.165, 1.54) is 6.08 Å². The van der Waals surface area contributed by atoms with Crippen LogP contribution in [0.25, 0.3) is 21.7 Å². The van der Waals surface area contributed by atoms with Crippen LogP contribution in [0.5, 0.6) is 0 Å². The largest absolute Gasteiger partial charge is 0.558 e. The Hall–Kier alpha value is -2.60. The lowest BCUT2D eigenvalue weighted by Crippen LogP contribution is -2.22. The van der Waals surface area contributed by atoms with Crippen LogP contribution in [-0.4, -0.2) is 5.97 Å². The first kappa shape index (κ1) is 10.9. The Balaban J connectivity index is 2.51. The predicted octanol–water partition coefficient (Wildman–Crippen LogP) is 1.85. The molecule has 2 rings (SSSR count). The molecule has 0 aliphatic rings. The number of carboxylic acid groups (broad SMARTS) is 1. The molecule has 0 aromatic heterocycles. The Bertz CT molecular complexity index is 651. The van der Waals surface area contributed by atoms with Gasteiger partial charge in [-0.2, -0.15) is 0 Å². The van der Waals surface area contributed by atoms with Gasteiger partial charge in [0.05, 0.1) is 12.5 Å². The van der Waals surface area contributed by atoms with Crippen LogP contribution < -0.4 is 5.11 Å². The van der Waals surface area contributed by atoms with Crippen LogP contribution in [0, 0.1) is 6.57 Å². The summed E-state index contributed by atoms with van der Waals surface area (Å²) in [7, 11) is 0. The third kappa shape index (κ3) is 2.32. The van der Waals surface area contributed by atoms with Crippen molar-refractivity contribution < 1.29 is 9.90 Å². The second-order valence-corrected chi connectivity index (χ2v) is 3.54. The minimum absolute atomic E-state index is 0.389. The van der Waals surface area contributed by atoms with E-state index in [0.29, 0.717) is 5.56 Å². The van der Waals surface area contributed by atoms with Gasteiger partial charge in [0.15, 0.2) is 0 Å². The molecule has 0 aliphatic carbocycles. The van der Waals surface area contributed by atoms with Crippen LogP contribution in [0.15, 0.2) is 48.2 Å². The van der Waals surface area contributed by atoms with Crippen molar-refractivity contribution in [3.63, 3.8) is 0 Å². The monoisotopic (exact) mass is 222 g/mol. The lowest BCUT2D eigenvalue weighted by atomic mass is 10.1. The smallest absolute Gasteiger partial charge is 0.209 e. The minimum atomic E-state index is -1.45. The molecule has 0 saturated carbocycles. The molecule has 3 heteroatoms. The highest BCUT2D eigenvalue weighted by molar-refractivity contribution is 5.94. The number of aliphatic carboxylic acids is 1. The molecule has 0 bridgehead atoms. The first-order chi connectivity index (χ1) is 8.20. The van der Waals surface area contributed by atoms with E-state index < -0.39 is 5.97 Å². The maximum absolute atomic E-state index is 10.6. The van der Waals surface area contributed by atoms with E-state index >= 15 is 0 Å². The second-order valence-electron chi connectivity index (χ2n) is 3.54. The highest BCUT2D eigenvalue weighted by atomic mass is 16.4. The fraction of sp³-hybridized carbons (Fsp3) is 0. The number of nitrogens with zero attached hydrogens (tertiary/aromatic N) is 1. The lowest BCUT2D eigenvalue weighted by Gasteiger charge is -2.01. The number of fused-ring (bicyclic) bond motifs is 1. The van der Waals surface area contributed by atoms with E-state index in [1.807, 2.05) is 36.4 Å². The molecule has 82 valence electrons. The Kier molecular flexibility index (Phi) is 2.89. The van der Waals surface area contributed by atoms with E-state index in [-0.39, 0.29) is 5.70 Å². The van der Waals surface area contributed by atoms with Crippen LogP contribution >= 0.6 is 0 Å². The Labute approximate surface area is 98.4 Å². The van der Waals surface area contributed by atoms with Gasteiger partial charge < -0.3 is 9.90 Å². The standard InChI is InChI=1S/C14H9NO2/c1-15-13(14(16)17)9-10-6-7-11-4-2-3-5-12(11)8-10/h2-9H,(H,16,17)/p-1/b13-9-. The maximum atomic E-state index is 10.6. The van der Waals surface area contributed by atoms with Gasteiger partial charge in [0.2, 0.25) is 5.70 Å². The molecule has 0 fully saturated rings. The van der Waals surface area contributed by atoms with Crippen LogP contribution in [0.1, 0.15) is 5.56 Å². The third-order valence-corrected chi connectivity index (χ3v) is 2.41. The molecule has 0 aliphatic heterocycles. The van der Waals surface area contributed by atoms with E-state index in [0.717, 1.165) is 10.8 Å². The van der Waals surface area contributed by atoms with Gasteiger partial charge in [0.25, 0.3) is 0 Å². The van der Waals surface area contributed by atoms with Crippen LogP contribution in [0.3, 0.4) is 0 Å². The summed E-state index contributed by atoms with van der Waals surface area (Å²) in [4.78, 5) is 13.5. The maximum Gasteiger partial charge on any atom is 0.209 e. The minimum Gasteiger partial charge on any atom is -0.558 e. The molecule has 3 nitrogen and oxygen atoms in total. The molecule has 0 amide bonds. The number of hydrogen-bond acceptors (Lipinski definition) is 2. The Morgan fingerprint density at radius 1 is 1.18 bits per heavy atom. The normalized spacial score (nSPS) is 11.1. The number of carbonyl (C=O) groups excluding carboxylic acids is 1. The molecule has 0 heterocycles. The summed E-state index contributed by atoms with van der Waals surface area (Å²) in [6, 6.07) is 13.2. The number of benzene rings is 2. The van der Waals surface area contributed by atoms with Gasteiger partial charge in [-0.1, -0.05) is 36.4 Å². The zero-order chi connectivity index (χ0) is 12.3. The summed E-state index contributed by atoms with van der Waals surface area (Å²) in [5.41, 5.74) is 0.291. The van der Waals surface area contributed by atoms with Crippen molar-refractivity contribution in [3.8, 4) is 0 Å². The molecule has 0 radical (unpaired) electrons. The molecule has 0 saturated heterocycles.